The lowest BCUT2D eigenvalue weighted by Gasteiger charge is -2.31. The second-order valence-corrected chi connectivity index (χ2v) is 5.18. The summed E-state index contributed by atoms with van der Waals surface area (Å²) >= 11 is 0. The summed E-state index contributed by atoms with van der Waals surface area (Å²) in [6.45, 7) is 2.82. The van der Waals surface area contributed by atoms with Gasteiger partial charge in [0.15, 0.2) is 0 Å². The van der Waals surface area contributed by atoms with E-state index >= 15 is 0 Å². The van der Waals surface area contributed by atoms with Crippen molar-refractivity contribution < 1.29 is 4.39 Å². The number of nitrogens with zero attached hydrogens (tertiary/aromatic N) is 1. The first-order chi connectivity index (χ1) is 8.08. The predicted octanol–water partition coefficient (Wildman–Crippen LogP) is 3.08. The van der Waals surface area contributed by atoms with Gasteiger partial charge in [-0.05, 0) is 43.4 Å². The van der Waals surface area contributed by atoms with E-state index in [1.807, 2.05) is 31.0 Å². The van der Waals surface area contributed by atoms with Crippen molar-refractivity contribution in [2.45, 2.75) is 32.2 Å². The van der Waals surface area contributed by atoms with Crippen LogP contribution in [0.15, 0.2) is 18.2 Å². The summed E-state index contributed by atoms with van der Waals surface area (Å²) in [5.74, 6) is 0.578. The highest BCUT2D eigenvalue weighted by molar-refractivity contribution is 5.49. The Bertz CT molecular complexity index is 386. The largest absolute Gasteiger partial charge is 0.372 e. The zero-order chi connectivity index (χ0) is 12.4. The lowest BCUT2D eigenvalue weighted by molar-refractivity contribution is 0.321. The smallest absolute Gasteiger partial charge is 0.146 e. The molecule has 0 unspecified atom stereocenters. The Morgan fingerprint density at radius 1 is 1.47 bits per heavy atom. The lowest BCUT2D eigenvalue weighted by Crippen LogP contribution is -2.29. The topological polar surface area (TPSA) is 29.3 Å². The van der Waals surface area contributed by atoms with E-state index < -0.39 is 0 Å². The average Bonchev–Trinajstić information content (AvgIpc) is 2.22. The van der Waals surface area contributed by atoms with Crippen molar-refractivity contribution in [1.82, 2.24) is 0 Å². The molecule has 0 radical (unpaired) electrons. The second-order valence-electron chi connectivity index (χ2n) is 5.18. The molecule has 3 heteroatoms. The van der Waals surface area contributed by atoms with E-state index in [-0.39, 0.29) is 11.9 Å². The number of nitrogens with two attached hydrogens (primary N) is 1. The minimum absolute atomic E-state index is 0.115. The van der Waals surface area contributed by atoms with Crippen molar-refractivity contribution in [3.63, 3.8) is 0 Å². The first-order valence-corrected chi connectivity index (χ1v) is 6.34. The molecule has 94 valence electrons. The Labute approximate surface area is 103 Å². The van der Waals surface area contributed by atoms with E-state index in [1.165, 1.54) is 19.3 Å². The molecule has 2 nitrogen and oxygen atoms in total. The van der Waals surface area contributed by atoms with Crippen LogP contribution in [-0.4, -0.2) is 13.6 Å². The highest BCUT2D eigenvalue weighted by Gasteiger charge is 2.20. The van der Waals surface area contributed by atoms with Gasteiger partial charge in [0.25, 0.3) is 0 Å². The zero-order valence-electron chi connectivity index (χ0n) is 10.6. The number of hydrogen-bond acceptors (Lipinski definition) is 2. The van der Waals surface area contributed by atoms with E-state index in [4.69, 9.17) is 5.73 Å². The number of hydrogen-bond donors (Lipinski definition) is 1. The molecule has 1 aromatic carbocycles. The fourth-order valence-electron chi connectivity index (χ4n) is 2.28. The SMILES string of the molecule is C[C@H](N)c1ccc(N(C)CC2CCC2)c(F)c1. The summed E-state index contributed by atoms with van der Waals surface area (Å²) in [5, 5.41) is 0. The van der Waals surface area contributed by atoms with Gasteiger partial charge in [-0.15, -0.1) is 0 Å². The number of rotatable bonds is 4. The molecule has 0 bridgehead atoms. The molecule has 1 atom stereocenters. The molecule has 2 rings (SSSR count). The standard InChI is InChI=1S/C14H21FN2/c1-10(16)12-6-7-14(13(15)8-12)17(2)9-11-4-3-5-11/h6-8,10-11H,3-5,9,16H2,1-2H3/t10-/m0/s1. The maximum Gasteiger partial charge on any atom is 0.146 e. The van der Waals surface area contributed by atoms with Gasteiger partial charge in [0.05, 0.1) is 5.69 Å². The van der Waals surface area contributed by atoms with Crippen LogP contribution in [0.2, 0.25) is 0 Å². The molecule has 0 amide bonds. The Kier molecular flexibility index (Phi) is 3.67. The molecule has 1 aromatic rings. The van der Waals surface area contributed by atoms with Crippen LogP contribution in [-0.2, 0) is 0 Å². The number of benzene rings is 1. The minimum atomic E-state index is -0.165. The zero-order valence-corrected chi connectivity index (χ0v) is 10.6. The van der Waals surface area contributed by atoms with Gasteiger partial charge in [-0.2, -0.15) is 0 Å². The Morgan fingerprint density at radius 2 is 2.18 bits per heavy atom. The molecule has 1 aliphatic carbocycles. The highest BCUT2D eigenvalue weighted by Crippen LogP contribution is 2.29. The third kappa shape index (κ3) is 2.78. The van der Waals surface area contributed by atoms with Crippen LogP contribution in [0.4, 0.5) is 10.1 Å². The molecular formula is C14H21FN2. The van der Waals surface area contributed by atoms with Crippen molar-refractivity contribution in [3.8, 4) is 0 Å². The molecule has 1 saturated carbocycles. The van der Waals surface area contributed by atoms with Gasteiger partial charge < -0.3 is 10.6 Å². The van der Waals surface area contributed by atoms with Crippen molar-refractivity contribution in [1.29, 1.82) is 0 Å². The Hall–Kier alpha value is -1.09. The maximum atomic E-state index is 13.9. The molecule has 0 spiro atoms. The van der Waals surface area contributed by atoms with Crippen molar-refractivity contribution in [2.24, 2.45) is 11.7 Å². The summed E-state index contributed by atoms with van der Waals surface area (Å²) in [6.07, 6.45) is 3.89. The Morgan fingerprint density at radius 3 is 2.65 bits per heavy atom. The molecule has 1 aliphatic rings. The van der Waals surface area contributed by atoms with Crippen molar-refractivity contribution >= 4 is 5.69 Å². The maximum absolute atomic E-state index is 13.9. The van der Waals surface area contributed by atoms with Gasteiger partial charge in [-0.1, -0.05) is 12.5 Å². The molecule has 17 heavy (non-hydrogen) atoms. The quantitative estimate of drug-likeness (QED) is 0.870. The fraction of sp³-hybridized carbons (Fsp3) is 0.571. The van der Waals surface area contributed by atoms with E-state index in [1.54, 1.807) is 6.07 Å². The van der Waals surface area contributed by atoms with Crippen LogP contribution in [0.25, 0.3) is 0 Å². The van der Waals surface area contributed by atoms with Gasteiger partial charge in [-0.25, -0.2) is 4.39 Å². The minimum Gasteiger partial charge on any atom is -0.372 e. The van der Waals surface area contributed by atoms with Gasteiger partial charge >= 0.3 is 0 Å². The number of halogens is 1. The monoisotopic (exact) mass is 236 g/mol. The predicted molar refractivity (Wildman–Crippen MR) is 69.6 cm³/mol. The molecule has 2 N–H and O–H groups in total. The first-order valence-electron chi connectivity index (χ1n) is 6.34. The first kappa shape index (κ1) is 12.4. The highest BCUT2D eigenvalue weighted by atomic mass is 19.1. The van der Waals surface area contributed by atoms with Crippen LogP contribution in [0.1, 0.15) is 37.8 Å². The molecule has 0 heterocycles. The van der Waals surface area contributed by atoms with Crippen LogP contribution >= 0.6 is 0 Å². The van der Waals surface area contributed by atoms with Crippen LogP contribution in [0.5, 0.6) is 0 Å². The second kappa shape index (κ2) is 5.05. The summed E-state index contributed by atoms with van der Waals surface area (Å²) in [4.78, 5) is 2.02. The van der Waals surface area contributed by atoms with E-state index in [9.17, 15) is 4.39 Å². The van der Waals surface area contributed by atoms with Gasteiger partial charge in [0.2, 0.25) is 0 Å². The summed E-state index contributed by atoms with van der Waals surface area (Å²) in [5.41, 5.74) is 7.27. The average molecular weight is 236 g/mol. The third-order valence-corrected chi connectivity index (χ3v) is 3.67. The molecular weight excluding hydrogens is 215 g/mol. The van der Waals surface area contributed by atoms with E-state index in [0.717, 1.165) is 18.0 Å². The third-order valence-electron chi connectivity index (χ3n) is 3.67. The molecule has 0 aromatic heterocycles. The lowest BCUT2D eigenvalue weighted by atomic mass is 9.85. The van der Waals surface area contributed by atoms with Crippen molar-refractivity contribution in [2.75, 3.05) is 18.5 Å². The van der Waals surface area contributed by atoms with Crippen LogP contribution in [0.3, 0.4) is 0 Å². The summed E-state index contributed by atoms with van der Waals surface area (Å²) < 4.78 is 13.9. The molecule has 0 aliphatic heterocycles. The van der Waals surface area contributed by atoms with Gasteiger partial charge in [0.1, 0.15) is 5.82 Å². The fourth-order valence-corrected chi connectivity index (χ4v) is 2.28. The van der Waals surface area contributed by atoms with Crippen molar-refractivity contribution in [3.05, 3.63) is 29.6 Å². The van der Waals surface area contributed by atoms with E-state index in [0.29, 0.717) is 5.69 Å². The van der Waals surface area contributed by atoms with Crippen LogP contribution in [0, 0.1) is 11.7 Å². The van der Waals surface area contributed by atoms with Gasteiger partial charge in [0, 0.05) is 19.6 Å². The summed E-state index contributed by atoms with van der Waals surface area (Å²) in [7, 11) is 1.96. The van der Waals surface area contributed by atoms with Crippen LogP contribution < -0.4 is 10.6 Å². The number of anilines is 1. The summed E-state index contributed by atoms with van der Waals surface area (Å²) in [6, 6.07) is 5.19. The Balaban J connectivity index is 2.08. The molecule has 0 saturated heterocycles. The van der Waals surface area contributed by atoms with Gasteiger partial charge in [-0.3, -0.25) is 0 Å². The molecule has 1 fully saturated rings. The van der Waals surface area contributed by atoms with E-state index in [2.05, 4.69) is 0 Å². The normalized spacial score (nSPS) is 17.6.